The predicted molar refractivity (Wildman–Crippen MR) is 79.8 cm³/mol. The molecule has 1 unspecified atom stereocenters. The second-order valence-corrected chi connectivity index (χ2v) is 6.72. The van der Waals surface area contributed by atoms with Gasteiger partial charge < -0.3 is 10.1 Å². The van der Waals surface area contributed by atoms with E-state index in [2.05, 4.69) is 10.3 Å². The predicted octanol–water partition coefficient (Wildman–Crippen LogP) is 2.52. The number of ether oxygens (including phenoxy) is 1. The quantitative estimate of drug-likeness (QED) is 0.809. The molecule has 20 heavy (non-hydrogen) atoms. The number of fused-ring (bicyclic) bond motifs is 3. The Morgan fingerprint density at radius 3 is 3.40 bits per heavy atom. The number of thiophene rings is 1. The number of hydrogen-bond donors (Lipinski definition) is 1. The zero-order valence-electron chi connectivity index (χ0n) is 10.7. The van der Waals surface area contributed by atoms with Crippen molar-refractivity contribution in [3.63, 3.8) is 0 Å². The molecule has 104 valence electrons. The van der Waals surface area contributed by atoms with Gasteiger partial charge >= 0.3 is 0 Å². The molecule has 0 spiro atoms. The van der Waals surface area contributed by atoms with Crippen molar-refractivity contribution in [3.8, 4) is 0 Å². The van der Waals surface area contributed by atoms with Gasteiger partial charge in [-0.3, -0.25) is 9.20 Å². The second kappa shape index (κ2) is 4.83. The fourth-order valence-corrected chi connectivity index (χ4v) is 4.17. The molecular formula is C13H13N3O2S2. The van der Waals surface area contributed by atoms with Crippen LogP contribution in [0.1, 0.15) is 22.5 Å². The summed E-state index contributed by atoms with van der Waals surface area (Å²) in [6.07, 6.45) is 4.28. The highest BCUT2D eigenvalue weighted by atomic mass is 32.1. The summed E-state index contributed by atoms with van der Waals surface area (Å²) >= 11 is 3.04. The molecule has 1 atom stereocenters. The summed E-state index contributed by atoms with van der Waals surface area (Å²) in [6, 6.07) is 1.91. The van der Waals surface area contributed by atoms with Crippen molar-refractivity contribution in [3.05, 3.63) is 22.5 Å². The Balaban J connectivity index is 1.54. The number of aromatic nitrogens is 2. The third-order valence-corrected chi connectivity index (χ3v) is 5.25. The van der Waals surface area contributed by atoms with Crippen LogP contribution in [0.3, 0.4) is 0 Å². The van der Waals surface area contributed by atoms with Crippen LogP contribution in [-0.2, 0) is 4.74 Å². The first kappa shape index (κ1) is 12.3. The third kappa shape index (κ3) is 2.02. The van der Waals surface area contributed by atoms with Crippen molar-refractivity contribution in [2.45, 2.75) is 18.9 Å². The van der Waals surface area contributed by atoms with E-state index < -0.39 is 0 Å². The van der Waals surface area contributed by atoms with Crippen LogP contribution in [0.5, 0.6) is 0 Å². The van der Waals surface area contributed by atoms with Gasteiger partial charge in [0.25, 0.3) is 5.91 Å². The summed E-state index contributed by atoms with van der Waals surface area (Å²) in [5, 5.41) is 4.94. The molecule has 0 aliphatic carbocycles. The van der Waals surface area contributed by atoms with Crippen LogP contribution in [0.4, 0.5) is 0 Å². The number of thiazole rings is 1. The molecule has 4 rings (SSSR count). The third-order valence-electron chi connectivity index (χ3n) is 3.48. The zero-order valence-corrected chi connectivity index (χ0v) is 12.3. The molecule has 1 amide bonds. The van der Waals surface area contributed by atoms with Crippen LogP contribution >= 0.6 is 22.7 Å². The molecule has 1 aliphatic rings. The van der Waals surface area contributed by atoms with E-state index in [-0.39, 0.29) is 12.0 Å². The van der Waals surface area contributed by atoms with Crippen molar-refractivity contribution in [1.29, 1.82) is 0 Å². The Labute approximate surface area is 123 Å². The zero-order chi connectivity index (χ0) is 13.5. The number of rotatable bonds is 3. The summed E-state index contributed by atoms with van der Waals surface area (Å²) in [6.45, 7) is 1.40. The Bertz CT molecular complexity index is 767. The summed E-state index contributed by atoms with van der Waals surface area (Å²) in [7, 11) is 0. The average Bonchev–Trinajstić information content (AvgIpc) is 3.17. The van der Waals surface area contributed by atoms with Crippen LogP contribution in [0.15, 0.2) is 17.6 Å². The van der Waals surface area contributed by atoms with Gasteiger partial charge in [-0.05, 0) is 18.9 Å². The van der Waals surface area contributed by atoms with Crippen LogP contribution in [-0.4, -0.2) is 34.5 Å². The lowest BCUT2D eigenvalue weighted by Crippen LogP contribution is -2.31. The number of imidazole rings is 1. The number of carbonyl (C=O) groups excluding carboxylic acids is 1. The Morgan fingerprint density at radius 2 is 2.55 bits per heavy atom. The fraction of sp³-hybridized carbons (Fsp3) is 0.385. The van der Waals surface area contributed by atoms with Crippen LogP contribution in [0.2, 0.25) is 0 Å². The van der Waals surface area contributed by atoms with E-state index in [0.717, 1.165) is 34.8 Å². The van der Waals surface area contributed by atoms with E-state index in [4.69, 9.17) is 4.74 Å². The lowest BCUT2D eigenvalue weighted by atomic mass is 10.2. The molecule has 3 aromatic rings. The van der Waals surface area contributed by atoms with Crippen molar-refractivity contribution < 1.29 is 9.53 Å². The smallest absolute Gasteiger partial charge is 0.261 e. The molecule has 0 saturated carbocycles. The number of nitrogens with one attached hydrogen (secondary N) is 1. The lowest BCUT2D eigenvalue weighted by molar-refractivity contribution is 0.0861. The molecule has 4 heterocycles. The molecule has 1 aliphatic heterocycles. The largest absolute Gasteiger partial charge is 0.376 e. The maximum Gasteiger partial charge on any atom is 0.261 e. The number of nitrogens with zero attached hydrogens (tertiary/aromatic N) is 2. The van der Waals surface area contributed by atoms with Crippen molar-refractivity contribution >= 4 is 43.9 Å². The highest BCUT2D eigenvalue weighted by Crippen LogP contribution is 2.28. The monoisotopic (exact) mass is 307 g/mol. The molecule has 5 nitrogen and oxygen atoms in total. The topological polar surface area (TPSA) is 55.6 Å². The molecular weight excluding hydrogens is 294 g/mol. The van der Waals surface area contributed by atoms with E-state index in [1.165, 1.54) is 11.3 Å². The summed E-state index contributed by atoms with van der Waals surface area (Å²) in [4.78, 5) is 19.3. The van der Waals surface area contributed by atoms with Crippen LogP contribution in [0.25, 0.3) is 15.3 Å². The lowest BCUT2D eigenvalue weighted by Gasteiger charge is -2.09. The van der Waals surface area contributed by atoms with Gasteiger partial charge in [-0.15, -0.1) is 22.7 Å². The normalized spacial score (nSPS) is 19.1. The van der Waals surface area contributed by atoms with E-state index >= 15 is 0 Å². The molecule has 1 N–H and O–H groups in total. The average molecular weight is 307 g/mol. The van der Waals surface area contributed by atoms with Crippen LogP contribution in [0, 0.1) is 0 Å². The van der Waals surface area contributed by atoms with Gasteiger partial charge in [0.05, 0.1) is 16.5 Å². The van der Waals surface area contributed by atoms with Crippen molar-refractivity contribution in [1.82, 2.24) is 14.7 Å². The minimum absolute atomic E-state index is 0.0347. The summed E-state index contributed by atoms with van der Waals surface area (Å²) < 4.78 is 7.53. The number of amides is 1. The van der Waals surface area contributed by atoms with E-state index in [0.29, 0.717) is 11.4 Å². The highest BCUT2D eigenvalue weighted by molar-refractivity contribution is 7.21. The van der Waals surface area contributed by atoms with Gasteiger partial charge in [0.2, 0.25) is 0 Å². The molecule has 0 aromatic carbocycles. The number of hydrogen-bond acceptors (Lipinski definition) is 5. The minimum atomic E-state index is -0.0347. The molecule has 7 heteroatoms. The van der Waals surface area contributed by atoms with Crippen LogP contribution < -0.4 is 5.32 Å². The van der Waals surface area contributed by atoms with E-state index in [9.17, 15) is 4.79 Å². The molecule has 1 saturated heterocycles. The molecule has 3 aromatic heterocycles. The Kier molecular flexibility index (Phi) is 2.98. The van der Waals surface area contributed by atoms with E-state index in [1.54, 1.807) is 11.3 Å². The first-order valence-corrected chi connectivity index (χ1v) is 8.26. The summed E-state index contributed by atoms with van der Waals surface area (Å²) in [5.74, 6) is -0.0347. The molecule has 1 fully saturated rings. The first-order valence-electron chi connectivity index (χ1n) is 6.56. The van der Waals surface area contributed by atoms with Gasteiger partial charge in [-0.25, -0.2) is 4.98 Å². The van der Waals surface area contributed by atoms with E-state index in [1.807, 2.05) is 22.0 Å². The molecule has 0 radical (unpaired) electrons. The SMILES string of the molecule is O=C(NCC1CCCO1)c1cc2c(nc3sccn32)s1. The fourth-order valence-electron chi connectivity index (χ4n) is 2.46. The van der Waals surface area contributed by atoms with Gasteiger partial charge in [-0.2, -0.15) is 0 Å². The maximum absolute atomic E-state index is 12.2. The highest BCUT2D eigenvalue weighted by Gasteiger charge is 2.18. The van der Waals surface area contributed by atoms with Gasteiger partial charge in [0.15, 0.2) is 4.96 Å². The van der Waals surface area contributed by atoms with Gasteiger partial charge in [0.1, 0.15) is 4.83 Å². The Morgan fingerprint density at radius 1 is 1.60 bits per heavy atom. The Hall–Kier alpha value is -1.44. The maximum atomic E-state index is 12.2. The standard InChI is InChI=1S/C13H13N3O2S2/c17-11(14-7-8-2-1-4-18-8)10-6-9-12(20-10)15-13-16(9)3-5-19-13/h3,5-6,8H,1-2,4,7H2,(H,14,17). The molecule has 0 bridgehead atoms. The summed E-state index contributed by atoms with van der Waals surface area (Å²) in [5.41, 5.74) is 1.01. The van der Waals surface area contributed by atoms with Crippen molar-refractivity contribution in [2.24, 2.45) is 0 Å². The van der Waals surface area contributed by atoms with Gasteiger partial charge in [0, 0.05) is 24.7 Å². The van der Waals surface area contributed by atoms with Crippen molar-refractivity contribution in [2.75, 3.05) is 13.2 Å². The van der Waals surface area contributed by atoms with Gasteiger partial charge in [-0.1, -0.05) is 0 Å². The minimum Gasteiger partial charge on any atom is -0.376 e. The second-order valence-electron chi connectivity index (χ2n) is 4.81. The number of carbonyl (C=O) groups is 1. The first-order chi connectivity index (χ1) is 9.81.